The fourth-order valence-electron chi connectivity index (χ4n) is 2.15. The zero-order chi connectivity index (χ0) is 16.9. The molecule has 1 aromatic rings. The Labute approximate surface area is 131 Å². The second-order valence-electron chi connectivity index (χ2n) is 5.32. The molecule has 122 valence electrons. The summed E-state index contributed by atoms with van der Waals surface area (Å²) in [5.41, 5.74) is -0.732. The van der Waals surface area contributed by atoms with E-state index in [1.54, 1.807) is 0 Å². The summed E-state index contributed by atoms with van der Waals surface area (Å²) in [5, 5.41) is 24.2. The molecule has 0 radical (unpaired) electrons. The molecule has 0 saturated heterocycles. The molecule has 4 N–H and O–H groups in total. The SMILES string of the molecule is C#CCCC1(CCC(=O)N[C@H](Cc2c[nH][nH]c2=O)C(=O)O)N=N1. The largest absolute Gasteiger partial charge is 0.480 e. The third-order valence-electron chi connectivity index (χ3n) is 3.59. The van der Waals surface area contributed by atoms with Crippen LogP contribution in [0.15, 0.2) is 21.2 Å². The summed E-state index contributed by atoms with van der Waals surface area (Å²) >= 11 is 0. The highest BCUT2D eigenvalue weighted by molar-refractivity contribution is 5.83. The molecule has 0 fully saturated rings. The number of H-pyrrole nitrogens is 2. The van der Waals surface area contributed by atoms with Crippen LogP contribution in [0, 0.1) is 12.3 Å². The van der Waals surface area contributed by atoms with E-state index < -0.39 is 29.1 Å². The molecule has 1 atom stereocenters. The molecule has 0 unspecified atom stereocenters. The second kappa shape index (κ2) is 6.91. The first-order valence-electron chi connectivity index (χ1n) is 7.10. The molecule has 1 aromatic heterocycles. The van der Waals surface area contributed by atoms with Crippen molar-refractivity contribution in [2.75, 3.05) is 0 Å². The molecule has 23 heavy (non-hydrogen) atoms. The number of terminal acetylenes is 1. The topological polar surface area (TPSA) is 140 Å². The maximum atomic E-state index is 11.9. The molecule has 1 amide bonds. The van der Waals surface area contributed by atoms with Crippen LogP contribution in [0.3, 0.4) is 0 Å². The molecule has 1 aliphatic rings. The number of nitrogens with one attached hydrogen (secondary N) is 3. The molecule has 9 nitrogen and oxygen atoms in total. The van der Waals surface area contributed by atoms with Crippen molar-refractivity contribution >= 4 is 11.9 Å². The molecule has 9 heteroatoms. The molecule has 0 aromatic carbocycles. The van der Waals surface area contributed by atoms with Gasteiger partial charge in [0, 0.05) is 43.9 Å². The van der Waals surface area contributed by atoms with E-state index in [9.17, 15) is 19.5 Å². The minimum Gasteiger partial charge on any atom is -0.480 e. The Morgan fingerprint density at radius 2 is 2.17 bits per heavy atom. The van der Waals surface area contributed by atoms with Crippen LogP contribution in [-0.2, 0) is 16.0 Å². The lowest BCUT2D eigenvalue weighted by molar-refractivity contribution is -0.141. The molecule has 1 aliphatic heterocycles. The van der Waals surface area contributed by atoms with Gasteiger partial charge in [0.05, 0.1) is 0 Å². The number of carboxylic acid groups (broad SMARTS) is 1. The molecule has 0 saturated carbocycles. The lowest BCUT2D eigenvalue weighted by Crippen LogP contribution is -2.43. The van der Waals surface area contributed by atoms with Crippen molar-refractivity contribution < 1.29 is 14.7 Å². The maximum absolute atomic E-state index is 11.9. The standard InChI is InChI=1S/C14H17N5O4/c1-2-3-5-14(18-19-14)6-4-11(20)16-10(13(22)23)7-9-8-15-17-12(9)21/h1,8,10H,3-7H2,(H,16,20)(H,22,23)(H2,15,17,21)/t10-/m1/s1. The third-order valence-corrected chi connectivity index (χ3v) is 3.59. The van der Waals surface area contributed by atoms with Crippen molar-refractivity contribution in [1.29, 1.82) is 0 Å². The summed E-state index contributed by atoms with van der Waals surface area (Å²) in [6.45, 7) is 0. The number of carbonyl (C=O) groups is 2. The first-order chi connectivity index (χ1) is 11.0. The van der Waals surface area contributed by atoms with E-state index in [1.807, 2.05) is 0 Å². The molecular weight excluding hydrogens is 302 g/mol. The number of hydrogen-bond donors (Lipinski definition) is 4. The van der Waals surface area contributed by atoms with Gasteiger partial charge >= 0.3 is 5.97 Å². The Hall–Kier alpha value is -2.89. The predicted octanol–water partition coefficient (Wildman–Crippen LogP) is 0.171. The van der Waals surface area contributed by atoms with E-state index in [1.165, 1.54) is 6.20 Å². The Bertz CT molecular complexity index is 705. The summed E-state index contributed by atoms with van der Waals surface area (Å²) in [6, 6.07) is -1.17. The summed E-state index contributed by atoms with van der Waals surface area (Å²) < 4.78 is 0. The van der Waals surface area contributed by atoms with Crippen LogP contribution in [0.5, 0.6) is 0 Å². The lowest BCUT2D eigenvalue weighted by Gasteiger charge is -2.14. The van der Waals surface area contributed by atoms with Crippen LogP contribution in [-0.4, -0.2) is 38.9 Å². The summed E-state index contributed by atoms with van der Waals surface area (Å²) in [4.78, 5) is 34.6. The van der Waals surface area contributed by atoms with Crippen molar-refractivity contribution in [3.8, 4) is 12.3 Å². The fraction of sp³-hybridized carbons (Fsp3) is 0.500. The third kappa shape index (κ3) is 4.54. The lowest BCUT2D eigenvalue weighted by atomic mass is 10.0. The molecule has 0 aliphatic carbocycles. The Kier molecular flexibility index (Phi) is 4.95. The van der Waals surface area contributed by atoms with Gasteiger partial charge in [0.2, 0.25) is 5.91 Å². The number of amides is 1. The molecule has 0 spiro atoms. The van der Waals surface area contributed by atoms with Crippen LogP contribution >= 0.6 is 0 Å². The number of aliphatic carboxylic acids is 1. The number of nitrogens with zero attached hydrogens (tertiary/aromatic N) is 2. The number of aromatic nitrogens is 2. The van der Waals surface area contributed by atoms with Crippen molar-refractivity contribution in [2.24, 2.45) is 10.2 Å². The molecular formula is C14H17N5O4. The van der Waals surface area contributed by atoms with Gasteiger partial charge in [-0.3, -0.25) is 14.7 Å². The summed E-state index contributed by atoms with van der Waals surface area (Å²) in [6.07, 6.45) is 8.03. The highest BCUT2D eigenvalue weighted by Crippen LogP contribution is 2.37. The van der Waals surface area contributed by atoms with Crippen LogP contribution < -0.4 is 10.9 Å². The Balaban J connectivity index is 1.84. The summed E-state index contributed by atoms with van der Waals surface area (Å²) in [5.74, 6) is 0.859. The minimum atomic E-state index is -1.21. The number of aromatic amines is 2. The van der Waals surface area contributed by atoms with Gasteiger partial charge in [0.25, 0.3) is 5.56 Å². The highest BCUT2D eigenvalue weighted by atomic mass is 16.4. The van der Waals surface area contributed by atoms with Gasteiger partial charge in [-0.1, -0.05) is 0 Å². The van der Waals surface area contributed by atoms with Crippen LogP contribution in [0.4, 0.5) is 0 Å². The molecule has 2 rings (SSSR count). The van der Waals surface area contributed by atoms with Crippen LogP contribution in [0.1, 0.15) is 31.2 Å². The van der Waals surface area contributed by atoms with Crippen molar-refractivity contribution in [3.63, 3.8) is 0 Å². The Morgan fingerprint density at radius 3 is 2.70 bits per heavy atom. The Morgan fingerprint density at radius 1 is 1.43 bits per heavy atom. The molecule has 0 bridgehead atoms. The van der Waals surface area contributed by atoms with Crippen molar-refractivity contribution in [3.05, 3.63) is 22.1 Å². The quantitative estimate of drug-likeness (QED) is 0.482. The maximum Gasteiger partial charge on any atom is 0.326 e. The average molecular weight is 319 g/mol. The van der Waals surface area contributed by atoms with Gasteiger partial charge in [0.1, 0.15) is 6.04 Å². The van der Waals surface area contributed by atoms with E-state index in [0.29, 0.717) is 19.3 Å². The van der Waals surface area contributed by atoms with Gasteiger partial charge in [-0.15, -0.1) is 12.3 Å². The van der Waals surface area contributed by atoms with Crippen LogP contribution in [0.2, 0.25) is 0 Å². The number of hydrogen-bond acceptors (Lipinski definition) is 5. The fourth-order valence-corrected chi connectivity index (χ4v) is 2.15. The van der Waals surface area contributed by atoms with Gasteiger partial charge < -0.3 is 15.5 Å². The van der Waals surface area contributed by atoms with Crippen LogP contribution in [0.25, 0.3) is 0 Å². The zero-order valence-corrected chi connectivity index (χ0v) is 12.3. The average Bonchev–Trinajstić information content (AvgIpc) is 3.18. The first kappa shape index (κ1) is 16.5. The normalized spacial score (nSPS) is 15.6. The van der Waals surface area contributed by atoms with Gasteiger partial charge in [-0.25, -0.2) is 4.79 Å². The van der Waals surface area contributed by atoms with E-state index in [-0.39, 0.29) is 18.4 Å². The second-order valence-corrected chi connectivity index (χ2v) is 5.32. The smallest absolute Gasteiger partial charge is 0.326 e. The minimum absolute atomic E-state index is 0.0881. The van der Waals surface area contributed by atoms with E-state index in [4.69, 9.17) is 6.42 Å². The number of rotatable bonds is 9. The van der Waals surface area contributed by atoms with Gasteiger partial charge in [-0.05, 0) is 0 Å². The summed E-state index contributed by atoms with van der Waals surface area (Å²) in [7, 11) is 0. The van der Waals surface area contributed by atoms with Gasteiger partial charge in [-0.2, -0.15) is 10.2 Å². The van der Waals surface area contributed by atoms with E-state index in [2.05, 4.69) is 31.7 Å². The highest BCUT2D eigenvalue weighted by Gasteiger charge is 2.39. The number of carboxylic acids is 1. The zero-order valence-electron chi connectivity index (χ0n) is 12.3. The monoisotopic (exact) mass is 319 g/mol. The predicted molar refractivity (Wildman–Crippen MR) is 79.6 cm³/mol. The van der Waals surface area contributed by atoms with Gasteiger partial charge in [0.15, 0.2) is 5.66 Å². The van der Waals surface area contributed by atoms with E-state index >= 15 is 0 Å². The van der Waals surface area contributed by atoms with Crippen molar-refractivity contribution in [1.82, 2.24) is 15.5 Å². The first-order valence-corrected chi connectivity index (χ1v) is 7.10. The molecule has 2 heterocycles. The number of carbonyl (C=O) groups excluding carboxylic acids is 1. The van der Waals surface area contributed by atoms with Crippen molar-refractivity contribution in [2.45, 2.75) is 43.8 Å². The van der Waals surface area contributed by atoms with E-state index in [0.717, 1.165) is 0 Å².